The van der Waals surface area contributed by atoms with E-state index in [-0.39, 0.29) is 23.3 Å². The summed E-state index contributed by atoms with van der Waals surface area (Å²) in [5.74, 6) is 1.17. The van der Waals surface area contributed by atoms with Gasteiger partial charge in [-0.3, -0.25) is 19.3 Å². The van der Waals surface area contributed by atoms with Crippen LogP contribution in [0.25, 0.3) is 16.7 Å². The van der Waals surface area contributed by atoms with Crippen molar-refractivity contribution in [3.05, 3.63) is 52.2 Å². The molecule has 0 aromatic carbocycles. The Morgan fingerprint density at radius 2 is 2.10 bits per heavy atom. The molecule has 0 bridgehead atoms. The lowest BCUT2D eigenvalue weighted by Crippen LogP contribution is -2.79. The van der Waals surface area contributed by atoms with E-state index in [2.05, 4.69) is 35.7 Å². The maximum atomic E-state index is 13.1. The minimum atomic E-state index is -0.239. The number of nitrogens with zero attached hydrogens (tertiary/aromatic N) is 4. The van der Waals surface area contributed by atoms with Gasteiger partial charge in [-0.15, -0.1) is 0 Å². The Balaban J connectivity index is 1.81. The minimum absolute atomic E-state index is 0.0414. The summed E-state index contributed by atoms with van der Waals surface area (Å²) in [5, 5.41) is 0.540. The molecule has 30 heavy (non-hydrogen) atoms. The fourth-order valence-corrected chi connectivity index (χ4v) is 4.53. The van der Waals surface area contributed by atoms with Gasteiger partial charge < -0.3 is 0 Å². The van der Waals surface area contributed by atoms with Gasteiger partial charge in [0, 0.05) is 31.8 Å². The lowest BCUT2D eigenvalue weighted by atomic mass is 9.85. The van der Waals surface area contributed by atoms with E-state index in [0.717, 1.165) is 23.2 Å². The van der Waals surface area contributed by atoms with Gasteiger partial charge in [0.15, 0.2) is 12.0 Å². The van der Waals surface area contributed by atoms with E-state index >= 15 is 0 Å². The maximum Gasteiger partial charge on any atom is 0.282 e. The van der Waals surface area contributed by atoms with Gasteiger partial charge in [-0.1, -0.05) is 26.8 Å². The van der Waals surface area contributed by atoms with Crippen molar-refractivity contribution in [2.75, 3.05) is 0 Å². The summed E-state index contributed by atoms with van der Waals surface area (Å²) in [4.78, 5) is 38.4. The van der Waals surface area contributed by atoms with E-state index < -0.39 is 0 Å². The molecule has 3 aromatic heterocycles. The summed E-state index contributed by atoms with van der Waals surface area (Å²) < 4.78 is 3.38. The molecule has 0 radical (unpaired) electrons. The van der Waals surface area contributed by atoms with Crippen molar-refractivity contribution in [3.8, 4) is 5.82 Å². The number of aromatic nitrogens is 4. The summed E-state index contributed by atoms with van der Waals surface area (Å²) in [6.45, 7) is 6.27. The van der Waals surface area contributed by atoms with Gasteiger partial charge in [0.05, 0.1) is 22.2 Å². The van der Waals surface area contributed by atoms with Crippen molar-refractivity contribution in [1.82, 2.24) is 19.3 Å². The molecule has 1 N–H and O–H groups in total. The van der Waals surface area contributed by atoms with Gasteiger partial charge in [0.2, 0.25) is 11.8 Å². The van der Waals surface area contributed by atoms with E-state index in [1.54, 1.807) is 23.1 Å². The van der Waals surface area contributed by atoms with Crippen LogP contribution in [0, 0.1) is 11.8 Å². The first-order valence-corrected chi connectivity index (χ1v) is 10.6. The van der Waals surface area contributed by atoms with Crippen LogP contribution < -0.4 is 10.6 Å². The van der Waals surface area contributed by atoms with Crippen LogP contribution in [0.3, 0.4) is 0 Å². The van der Waals surface area contributed by atoms with Gasteiger partial charge in [0.25, 0.3) is 5.56 Å². The van der Waals surface area contributed by atoms with E-state index in [0.29, 0.717) is 30.0 Å². The number of Topliss-reactive ketones (excluding diaryl/α,β-unsaturated/α-hetero) is 1. The molecule has 1 aliphatic heterocycles. The van der Waals surface area contributed by atoms with Gasteiger partial charge in [0.1, 0.15) is 0 Å². The molecular weight excluding hydrogens is 378 g/mol. The topological polar surface area (TPSA) is 83.8 Å². The normalized spacial score (nSPS) is 17.2. The summed E-state index contributed by atoms with van der Waals surface area (Å²) >= 11 is 0. The average molecular weight is 407 g/mol. The molecule has 4 heterocycles. The summed E-state index contributed by atoms with van der Waals surface area (Å²) in [6.07, 6.45) is 7.40. The van der Waals surface area contributed by atoms with Crippen LogP contribution in [0.15, 0.2) is 35.4 Å². The lowest BCUT2D eigenvalue weighted by Gasteiger charge is -2.18. The fraction of sp³-hybridized carbons (Fsp3) is 0.435. The second-order valence-corrected chi connectivity index (χ2v) is 8.27. The molecule has 0 aliphatic carbocycles. The number of carbonyl (C=O) groups is 1. The lowest BCUT2D eigenvalue weighted by molar-refractivity contribution is -0.482. The molecule has 2 unspecified atom stereocenters. The molecule has 3 aromatic rings. The number of pyridine rings is 2. The number of ketones is 1. The summed E-state index contributed by atoms with van der Waals surface area (Å²) in [5.41, 5.74) is 2.41. The van der Waals surface area contributed by atoms with E-state index in [4.69, 9.17) is 0 Å². The third kappa shape index (κ3) is 3.28. The molecule has 0 saturated carbocycles. The quantitative estimate of drug-likeness (QED) is 0.690. The van der Waals surface area contributed by atoms with Crippen LogP contribution in [0.1, 0.15) is 44.9 Å². The monoisotopic (exact) mass is 406 g/mol. The number of aryl methyl sites for hydroxylation is 2. The Bertz CT molecular complexity index is 1170. The average Bonchev–Trinajstić information content (AvgIpc) is 2.88. The van der Waals surface area contributed by atoms with Gasteiger partial charge in [-0.25, -0.2) is 9.98 Å². The predicted molar refractivity (Wildman–Crippen MR) is 116 cm³/mol. The van der Waals surface area contributed by atoms with Crippen molar-refractivity contribution in [2.45, 2.75) is 46.1 Å². The molecular formula is C23H28N5O2+. The molecule has 0 amide bonds. The van der Waals surface area contributed by atoms with Crippen molar-refractivity contribution in [3.63, 3.8) is 0 Å². The third-order valence-electron chi connectivity index (χ3n) is 6.14. The number of fused-ring (bicyclic) bond motifs is 3. The zero-order valence-corrected chi connectivity index (χ0v) is 17.9. The molecule has 156 valence electrons. The minimum Gasteiger partial charge on any atom is -0.292 e. The van der Waals surface area contributed by atoms with Crippen LogP contribution in [0.4, 0.5) is 0 Å². The highest BCUT2D eigenvalue weighted by atomic mass is 16.1. The molecule has 2 atom stereocenters. The SMILES string of the molecule is CCC(C(=O)C1CCc2ncc3c(=O)n(-c4ccccn4)n(C)c3c2C=[NH+]1)C(C)C. The number of rotatable bonds is 5. The van der Waals surface area contributed by atoms with E-state index in [1.165, 1.54) is 0 Å². The summed E-state index contributed by atoms with van der Waals surface area (Å²) in [7, 11) is 1.85. The highest BCUT2D eigenvalue weighted by molar-refractivity contribution is 5.97. The van der Waals surface area contributed by atoms with Crippen LogP contribution in [-0.4, -0.2) is 37.4 Å². The Morgan fingerprint density at radius 1 is 1.30 bits per heavy atom. The van der Waals surface area contributed by atoms with Crippen molar-refractivity contribution in [2.24, 2.45) is 18.9 Å². The molecule has 7 heteroatoms. The Morgan fingerprint density at radius 3 is 2.77 bits per heavy atom. The number of carbonyl (C=O) groups excluding carboxylic acids is 1. The van der Waals surface area contributed by atoms with Gasteiger partial charge in [-0.2, -0.15) is 4.68 Å². The molecule has 7 nitrogen and oxygen atoms in total. The fourth-order valence-electron chi connectivity index (χ4n) is 4.53. The number of hydrogen-bond acceptors (Lipinski definition) is 4. The van der Waals surface area contributed by atoms with Crippen LogP contribution >= 0.6 is 0 Å². The van der Waals surface area contributed by atoms with E-state index in [1.807, 2.05) is 30.1 Å². The zero-order chi connectivity index (χ0) is 21.4. The maximum absolute atomic E-state index is 13.1. The highest BCUT2D eigenvalue weighted by Crippen LogP contribution is 2.22. The van der Waals surface area contributed by atoms with Crippen molar-refractivity contribution >= 4 is 22.9 Å². The molecule has 0 saturated heterocycles. The first-order chi connectivity index (χ1) is 14.4. The molecule has 4 rings (SSSR count). The first kappa shape index (κ1) is 20.2. The molecule has 0 fully saturated rings. The highest BCUT2D eigenvalue weighted by Gasteiger charge is 2.33. The Kier molecular flexibility index (Phi) is 5.37. The molecule has 0 spiro atoms. The first-order valence-electron chi connectivity index (χ1n) is 10.6. The van der Waals surface area contributed by atoms with Crippen molar-refractivity contribution < 1.29 is 9.79 Å². The van der Waals surface area contributed by atoms with Gasteiger partial charge >= 0.3 is 0 Å². The third-order valence-corrected chi connectivity index (χ3v) is 6.14. The Labute approximate surface area is 175 Å². The smallest absolute Gasteiger partial charge is 0.282 e. The van der Waals surface area contributed by atoms with Crippen LogP contribution in [0.5, 0.6) is 0 Å². The summed E-state index contributed by atoms with van der Waals surface area (Å²) in [6, 6.07) is 5.24. The van der Waals surface area contributed by atoms with E-state index in [9.17, 15) is 9.59 Å². The number of hydrogen-bond donors (Lipinski definition) is 1. The Hall–Kier alpha value is -3.09. The number of nitrogens with one attached hydrogen (secondary N) is 1. The van der Waals surface area contributed by atoms with Crippen LogP contribution in [-0.2, 0) is 18.3 Å². The van der Waals surface area contributed by atoms with Crippen molar-refractivity contribution in [1.29, 1.82) is 0 Å². The largest absolute Gasteiger partial charge is 0.292 e. The van der Waals surface area contributed by atoms with Crippen LogP contribution in [0.2, 0.25) is 0 Å². The standard InChI is InChI=1S/C23H27N5O2/c1-5-15(14(2)3)22(29)19-10-9-18-16(12-26-19)21-17(13-25-18)23(30)28(27(21)4)20-8-6-7-11-24-20/h6-8,11-15,19H,5,9-10H2,1-4H3/p+1. The second-order valence-electron chi connectivity index (χ2n) is 8.27. The second kappa shape index (κ2) is 7.97. The van der Waals surface area contributed by atoms with Gasteiger partial charge in [-0.05, 0) is 30.9 Å². The zero-order valence-electron chi connectivity index (χ0n) is 17.9. The molecule has 1 aliphatic rings. The predicted octanol–water partition coefficient (Wildman–Crippen LogP) is 1.18.